The van der Waals surface area contributed by atoms with Crippen molar-refractivity contribution in [2.24, 2.45) is 11.5 Å². The van der Waals surface area contributed by atoms with Crippen LogP contribution in [0.2, 0.25) is 0 Å². The zero-order valence-corrected chi connectivity index (χ0v) is 17.4. The van der Waals surface area contributed by atoms with Crippen molar-refractivity contribution in [3.63, 3.8) is 0 Å². The summed E-state index contributed by atoms with van der Waals surface area (Å²) in [6, 6.07) is 14.3. The number of nitrogens with zero attached hydrogens (tertiary/aromatic N) is 1. The van der Waals surface area contributed by atoms with Crippen molar-refractivity contribution in [2.75, 3.05) is 13.2 Å². The third-order valence-electron chi connectivity index (χ3n) is 5.33. The van der Waals surface area contributed by atoms with Crippen LogP contribution in [0.1, 0.15) is 41.1 Å². The molecule has 2 atom stereocenters. The summed E-state index contributed by atoms with van der Waals surface area (Å²) in [6.45, 7) is 4.55. The predicted octanol–water partition coefficient (Wildman–Crippen LogP) is 4.02. The molecule has 0 fully saturated rings. The molecule has 0 aliphatic carbocycles. The van der Waals surface area contributed by atoms with E-state index in [0.717, 1.165) is 22.9 Å². The summed E-state index contributed by atoms with van der Waals surface area (Å²) in [7, 11) is 0. The molecule has 1 aliphatic heterocycles. The molecule has 162 valence electrons. The summed E-state index contributed by atoms with van der Waals surface area (Å²) in [5.74, 6) is -0.614. The fraction of sp³-hybridized carbons (Fsp3) is 0.250. The van der Waals surface area contributed by atoms with Crippen LogP contribution >= 0.6 is 0 Å². The molecule has 0 saturated heterocycles. The number of carbonyl (C=O) groups excluding carboxylic acids is 1. The Morgan fingerprint density at radius 2 is 1.87 bits per heavy atom. The van der Waals surface area contributed by atoms with Gasteiger partial charge in [-0.3, -0.25) is 4.79 Å². The molecule has 0 bridgehead atoms. The second-order valence-corrected chi connectivity index (χ2v) is 7.44. The number of fused-ring (bicyclic) bond motifs is 1. The van der Waals surface area contributed by atoms with Gasteiger partial charge in [0.2, 0.25) is 6.41 Å². The smallest absolute Gasteiger partial charge is 0.204 e. The molecule has 1 amide bonds. The minimum Gasteiger partial charge on any atom is -0.490 e. The molecule has 2 unspecified atom stereocenters. The lowest BCUT2D eigenvalue weighted by molar-refractivity contribution is -0.106. The highest BCUT2D eigenvalue weighted by atomic mass is 19.1. The number of hydrogen-bond donors (Lipinski definition) is 2. The topological polar surface area (TPSA) is 91.2 Å². The Bertz CT molecular complexity index is 1070. The van der Waals surface area contributed by atoms with Gasteiger partial charge >= 0.3 is 0 Å². The number of pyridine rings is 1. The van der Waals surface area contributed by atoms with Gasteiger partial charge in [-0.1, -0.05) is 37.3 Å². The first-order chi connectivity index (χ1) is 14.9. The maximum atomic E-state index is 14.7. The molecule has 3 aromatic rings. The second kappa shape index (κ2) is 9.66. The van der Waals surface area contributed by atoms with Crippen molar-refractivity contribution in [1.29, 1.82) is 0 Å². The van der Waals surface area contributed by atoms with Gasteiger partial charge in [-0.25, -0.2) is 13.8 Å². The number of primary amides is 1. The van der Waals surface area contributed by atoms with E-state index in [2.05, 4.69) is 12.7 Å². The number of aromatic nitrogens is 1. The van der Waals surface area contributed by atoms with E-state index in [-0.39, 0.29) is 23.8 Å². The maximum absolute atomic E-state index is 14.7. The normalized spacial score (nSPS) is 15.3. The van der Waals surface area contributed by atoms with Crippen LogP contribution in [0.4, 0.5) is 8.78 Å². The van der Waals surface area contributed by atoms with Crippen LogP contribution in [0, 0.1) is 18.6 Å². The molecule has 2 aromatic carbocycles. The monoisotopic (exact) mass is 425 g/mol. The molecule has 1 aromatic heterocycles. The molecule has 1 aliphatic rings. The number of benzene rings is 2. The number of ether oxygens (including phenoxy) is 1. The first kappa shape index (κ1) is 22.4. The zero-order valence-electron chi connectivity index (χ0n) is 17.4. The molecule has 4 rings (SSSR count). The molecule has 4 N–H and O–H groups in total. The van der Waals surface area contributed by atoms with Crippen LogP contribution in [-0.4, -0.2) is 24.5 Å². The Balaban J connectivity index is 0.000000858. The fourth-order valence-electron chi connectivity index (χ4n) is 3.70. The largest absolute Gasteiger partial charge is 0.490 e. The third-order valence-corrected chi connectivity index (χ3v) is 5.33. The average molecular weight is 425 g/mol. The van der Waals surface area contributed by atoms with E-state index in [4.69, 9.17) is 20.2 Å². The maximum Gasteiger partial charge on any atom is 0.204 e. The van der Waals surface area contributed by atoms with Crippen LogP contribution in [0.15, 0.2) is 48.5 Å². The summed E-state index contributed by atoms with van der Waals surface area (Å²) in [5.41, 5.74) is 14.1. The third kappa shape index (κ3) is 4.56. The number of aryl methyl sites for hydroxylation is 1. The number of carbonyl (C=O) groups is 1. The predicted molar refractivity (Wildman–Crippen MR) is 116 cm³/mol. The highest BCUT2D eigenvalue weighted by Crippen LogP contribution is 2.43. The van der Waals surface area contributed by atoms with Crippen LogP contribution in [0.3, 0.4) is 0 Å². The summed E-state index contributed by atoms with van der Waals surface area (Å²) in [5, 5.41) is 0. The van der Waals surface area contributed by atoms with Gasteiger partial charge in [0, 0.05) is 35.6 Å². The number of hydrogen-bond acceptors (Lipinski definition) is 4. The van der Waals surface area contributed by atoms with Gasteiger partial charge in [0.25, 0.3) is 0 Å². The van der Waals surface area contributed by atoms with Crippen LogP contribution in [-0.2, 0) is 4.79 Å². The fourth-order valence-corrected chi connectivity index (χ4v) is 3.70. The number of nitrogens with two attached hydrogens (primary N) is 2. The van der Waals surface area contributed by atoms with Gasteiger partial charge in [0.1, 0.15) is 23.1 Å². The minimum absolute atomic E-state index is 0.123. The Kier molecular flexibility index (Phi) is 6.97. The Morgan fingerprint density at radius 1 is 1.19 bits per heavy atom. The van der Waals surface area contributed by atoms with E-state index in [1.165, 1.54) is 6.07 Å². The van der Waals surface area contributed by atoms with Gasteiger partial charge in [0.05, 0.1) is 12.3 Å². The van der Waals surface area contributed by atoms with E-state index >= 15 is 0 Å². The van der Waals surface area contributed by atoms with Crippen molar-refractivity contribution in [2.45, 2.75) is 25.7 Å². The van der Waals surface area contributed by atoms with Gasteiger partial charge < -0.3 is 16.2 Å². The lowest BCUT2D eigenvalue weighted by atomic mass is 9.91. The first-order valence-corrected chi connectivity index (χ1v) is 9.95. The van der Waals surface area contributed by atoms with Gasteiger partial charge in [-0.05, 0) is 30.2 Å². The van der Waals surface area contributed by atoms with Crippen molar-refractivity contribution in [3.05, 3.63) is 82.5 Å². The highest BCUT2D eigenvalue weighted by molar-refractivity contribution is 5.71. The summed E-state index contributed by atoms with van der Waals surface area (Å²) >= 11 is 0. The standard InChI is InChI=1S/C23H22F2N2O.CH3NO/c1-13-8-17(20(25)10-19(13)24)22-23-16(14(2)12-28-23)9-21(27-22)18(11-26)15-6-4-3-5-7-15;2-1-3/h3-10,14,18H,11-12,26H2,1-2H3;1H,(H2,2,3). The van der Waals surface area contributed by atoms with Gasteiger partial charge in [-0.15, -0.1) is 0 Å². The van der Waals surface area contributed by atoms with Crippen LogP contribution in [0.25, 0.3) is 11.3 Å². The van der Waals surface area contributed by atoms with Crippen molar-refractivity contribution < 1.29 is 18.3 Å². The summed E-state index contributed by atoms with van der Waals surface area (Å²) in [4.78, 5) is 13.3. The highest BCUT2D eigenvalue weighted by Gasteiger charge is 2.29. The second-order valence-electron chi connectivity index (χ2n) is 7.44. The quantitative estimate of drug-likeness (QED) is 0.618. The zero-order chi connectivity index (χ0) is 22.5. The molecule has 5 nitrogen and oxygen atoms in total. The lowest BCUT2D eigenvalue weighted by Crippen LogP contribution is -2.16. The number of amides is 1. The molecule has 2 heterocycles. The van der Waals surface area contributed by atoms with Crippen LogP contribution in [0.5, 0.6) is 5.75 Å². The van der Waals surface area contributed by atoms with Crippen molar-refractivity contribution >= 4 is 6.41 Å². The van der Waals surface area contributed by atoms with Crippen molar-refractivity contribution in [1.82, 2.24) is 4.98 Å². The Labute approximate surface area is 180 Å². The van der Waals surface area contributed by atoms with E-state index in [9.17, 15) is 8.78 Å². The minimum atomic E-state index is -0.651. The molecule has 31 heavy (non-hydrogen) atoms. The SMILES string of the molecule is Cc1cc(-c2nc(C(CN)c3ccccc3)cc3c2OCC3C)c(F)cc1F.NC=O. The van der Waals surface area contributed by atoms with E-state index < -0.39 is 11.6 Å². The average Bonchev–Trinajstić information content (AvgIpc) is 3.13. The molecule has 0 radical (unpaired) electrons. The van der Waals surface area contributed by atoms with Gasteiger partial charge in [-0.2, -0.15) is 0 Å². The molecule has 7 heteroatoms. The molecular formula is C24H25F2N3O2. The number of halogens is 2. The first-order valence-electron chi connectivity index (χ1n) is 9.95. The summed E-state index contributed by atoms with van der Waals surface area (Å²) in [6.07, 6.45) is 0.250. The lowest BCUT2D eigenvalue weighted by Gasteiger charge is -2.19. The molecule has 0 spiro atoms. The summed E-state index contributed by atoms with van der Waals surface area (Å²) < 4.78 is 34.3. The Hall–Kier alpha value is -3.32. The van der Waals surface area contributed by atoms with Crippen LogP contribution < -0.4 is 16.2 Å². The molecule has 0 saturated carbocycles. The van der Waals surface area contributed by atoms with E-state index in [1.54, 1.807) is 6.92 Å². The number of rotatable bonds is 4. The van der Waals surface area contributed by atoms with Crippen molar-refractivity contribution in [3.8, 4) is 17.0 Å². The van der Waals surface area contributed by atoms with Gasteiger partial charge in [0.15, 0.2) is 0 Å². The Morgan fingerprint density at radius 3 is 2.52 bits per heavy atom. The van der Waals surface area contributed by atoms with E-state index in [1.807, 2.05) is 36.4 Å². The van der Waals surface area contributed by atoms with E-state index in [0.29, 0.717) is 30.2 Å². The molecular weight excluding hydrogens is 400 g/mol.